The van der Waals surface area contributed by atoms with Crippen LogP contribution in [-0.2, 0) is 9.47 Å². The van der Waals surface area contributed by atoms with Crippen LogP contribution in [0, 0.1) is 10.8 Å². The quantitative estimate of drug-likeness (QED) is 0.0709. The van der Waals surface area contributed by atoms with Crippen molar-refractivity contribution in [1.82, 2.24) is 0 Å². The van der Waals surface area contributed by atoms with E-state index in [4.69, 9.17) is 9.47 Å². The molecule has 0 spiro atoms. The molecule has 39 heavy (non-hydrogen) atoms. The van der Waals surface area contributed by atoms with Gasteiger partial charge in [-0.2, -0.15) is 0 Å². The van der Waals surface area contributed by atoms with E-state index in [1.165, 1.54) is 141 Å². The maximum atomic E-state index is 6.68. The van der Waals surface area contributed by atoms with Gasteiger partial charge < -0.3 is 9.47 Å². The Kier molecular flexibility index (Phi) is 24.5. The first-order valence-electron chi connectivity index (χ1n) is 17.8. The monoisotopic (exact) mass is 553 g/mol. The number of unbranched alkanes of at least 4 members (excludes halogenated alkanes) is 16. The van der Waals surface area contributed by atoms with Crippen LogP contribution in [0.4, 0.5) is 0 Å². The highest BCUT2D eigenvalue weighted by molar-refractivity contribution is 4.72. The maximum absolute atomic E-state index is 6.68. The summed E-state index contributed by atoms with van der Waals surface area (Å²) in [6, 6.07) is 0. The summed E-state index contributed by atoms with van der Waals surface area (Å²) in [6.07, 6.45) is 31.2. The molecule has 0 unspecified atom stereocenters. The summed E-state index contributed by atoms with van der Waals surface area (Å²) >= 11 is 0. The third-order valence-corrected chi connectivity index (χ3v) is 8.19. The number of hydrogen-bond acceptors (Lipinski definition) is 2. The number of hydrogen-bond donors (Lipinski definition) is 0. The molecule has 0 aromatic rings. The fourth-order valence-electron chi connectivity index (χ4n) is 5.54. The van der Waals surface area contributed by atoms with E-state index in [9.17, 15) is 0 Å². The van der Waals surface area contributed by atoms with Crippen LogP contribution in [0.25, 0.3) is 0 Å². The Labute approximate surface area is 248 Å². The van der Waals surface area contributed by atoms with Crippen molar-refractivity contribution in [3.05, 3.63) is 0 Å². The molecule has 2 heteroatoms. The predicted molar refractivity (Wildman–Crippen MR) is 176 cm³/mol. The fraction of sp³-hybridized carbons (Fsp3) is 1.00. The van der Waals surface area contributed by atoms with Gasteiger partial charge in [0.15, 0.2) is 5.79 Å². The first-order valence-corrected chi connectivity index (χ1v) is 17.8. The normalized spacial score (nSPS) is 12.9. The second-order valence-electron chi connectivity index (χ2n) is 15.1. The molecule has 0 heterocycles. The predicted octanol–water partition coefficient (Wildman–Crippen LogP) is 13.2. The number of rotatable bonds is 28. The van der Waals surface area contributed by atoms with E-state index in [1.54, 1.807) is 0 Å². The zero-order chi connectivity index (χ0) is 29.3. The molecule has 0 aromatic carbocycles. The van der Waals surface area contributed by atoms with Gasteiger partial charge in [-0.25, -0.2) is 0 Å². The highest BCUT2D eigenvalue weighted by atomic mass is 16.7. The van der Waals surface area contributed by atoms with Crippen LogP contribution in [0.5, 0.6) is 0 Å². The summed E-state index contributed by atoms with van der Waals surface area (Å²) in [5.74, 6) is -0.329. The van der Waals surface area contributed by atoms with E-state index in [0.29, 0.717) is 10.8 Å². The lowest BCUT2D eigenvalue weighted by atomic mass is 9.89. The van der Waals surface area contributed by atoms with Crippen molar-refractivity contribution in [1.29, 1.82) is 0 Å². The lowest BCUT2D eigenvalue weighted by Gasteiger charge is -2.34. The molecule has 0 bridgehead atoms. The van der Waals surface area contributed by atoms with Crippen LogP contribution in [0.15, 0.2) is 0 Å². The minimum absolute atomic E-state index is 0.329. The maximum Gasteiger partial charge on any atom is 0.168 e. The Morgan fingerprint density at radius 3 is 0.923 bits per heavy atom. The summed E-state index contributed by atoms with van der Waals surface area (Å²) in [6.45, 7) is 20.5. The SMILES string of the molecule is CCCCCC(CCCCC)(OCCCCCCCCCC(C)(C)C)OCCCCCCCCCC(C)(C)C. The van der Waals surface area contributed by atoms with E-state index in [2.05, 4.69) is 55.4 Å². The van der Waals surface area contributed by atoms with Crippen molar-refractivity contribution in [2.24, 2.45) is 10.8 Å². The Hall–Kier alpha value is -0.0800. The molecule has 0 radical (unpaired) electrons. The van der Waals surface area contributed by atoms with Crippen LogP contribution < -0.4 is 0 Å². The molecule has 0 aliphatic rings. The summed E-state index contributed by atoms with van der Waals surface area (Å²) < 4.78 is 13.4. The molecule has 0 atom stereocenters. The lowest BCUT2D eigenvalue weighted by molar-refractivity contribution is -0.247. The van der Waals surface area contributed by atoms with Gasteiger partial charge in [-0.3, -0.25) is 0 Å². The van der Waals surface area contributed by atoms with Crippen molar-refractivity contribution in [2.45, 2.75) is 215 Å². The largest absolute Gasteiger partial charge is 0.350 e. The minimum atomic E-state index is -0.329. The topological polar surface area (TPSA) is 18.5 Å². The molecule has 0 rings (SSSR count). The van der Waals surface area contributed by atoms with Gasteiger partial charge in [0.1, 0.15) is 0 Å². The summed E-state index contributed by atoms with van der Waals surface area (Å²) in [5.41, 5.74) is 0.984. The van der Waals surface area contributed by atoms with Crippen LogP contribution in [0.3, 0.4) is 0 Å². The standard InChI is InChI=1S/C37H76O2/c1-9-11-23-31-37(32-24-12-10-2,38-33-27-21-17-13-15-19-25-29-35(3,4)5)39-34-28-22-18-14-16-20-26-30-36(6,7)8/h9-34H2,1-8H3. The highest BCUT2D eigenvalue weighted by Crippen LogP contribution is 2.30. The molecule has 0 saturated heterocycles. The first kappa shape index (κ1) is 38.9. The molecule has 0 amide bonds. The molecule has 236 valence electrons. The van der Waals surface area contributed by atoms with Crippen molar-refractivity contribution in [2.75, 3.05) is 13.2 Å². The van der Waals surface area contributed by atoms with Crippen molar-refractivity contribution in [3.8, 4) is 0 Å². The summed E-state index contributed by atoms with van der Waals surface area (Å²) in [7, 11) is 0. The van der Waals surface area contributed by atoms with Crippen molar-refractivity contribution < 1.29 is 9.47 Å². The second-order valence-corrected chi connectivity index (χ2v) is 15.1. The Morgan fingerprint density at radius 2 is 0.615 bits per heavy atom. The Balaban J connectivity index is 4.36. The Bertz CT molecular complexity index is 453. The smallest absolute Gasteiger partial charge is 0.168 e. The molecule has 0 aliphatic heterocycles. The third-order valence-electron chi connectivity index (χ3n) is 8.19. The molecule has 0 aromatic heterocycles. The van der Waals surface area contributed by atoms with Gasteiger partial charge in [-0.1, -0.05) is 158 Å². The van der Waals surface area contributed by atoms with Crippen LogP contribution in [0.1, 0.15) is 209 Å². The van der Waals surface area contributed by atoms with Crippen LogP contribution >= 0.6 is 0 Å². The van der Waals surface area contributed by atoms with E-state index in [-0.39, 0.29) is 5.79 Å². The van der Waals surface area contributed by atoms with E-state index < -0.39 is 0 Å². The Morgan fingerprint density at radius 1 is 0.333 bits per heavy atom. The van der Waals surface area contributed by atoms with E-state index in [0.717, 1.165) is 26.1 Å². The lowest BCUT2D eigenvalue weighted by Crippen LogP contribution is -2.37. The van der Waals surface area contributed by atoms with Crippen LogP contribution in [0.2, 0.25) is 0 Å². The minimum Gasteiger partial charge on any atom is -0.350 e. The number of ether oxygens (including phenoxy) is 2. The van der Waals surface area contributed by atoms with Gasteiger partial charge in [0.05, 0.1) is 13.2 Å². The fourth-order valence-corrected chi connectivity index (χ4v) is 5.54. The van der Waals surface area contributed by atoms with E-state index >= 15 is 0 Å². The average Bonchev–Trinajstić information content (AvgIpc) is 2.85. The third kappa shape index (κ3) is 27.8. The molecule has 0 aliphatic carbocycles. The van der Waals surface area contributed by atoms with Crippen molar-refractivity contribution in [3.63, 3.8) is 0 Å². The highest BCUT2D eigenvalue weighted by Gasteiger charge is 2.31. The van der Waals surface area contributed by atoms with Crippen LogP contribution in [-0.4, -0.2) is 19.0 Å². The van der Waals surface area contributed by atoms with Gasteiger partial charge in [-0.05, 0) is 49.4 Å². The van der Waals surface area contributed by atoms with Gasteiger partial charge in [0.2, 0.25) is 0 Å². The molecular weight excluding hydrogens is 476 g/mol. The molecule has 2 nitrogen and oxygen atoms in total. The molecule has 0 N–H and O–H groups in total. The summed E-state index contributed by atoms with van der Waals surface area (Å²) in [4.78, 5) is 0. The zero-order valence-corrected chi connectivity index (χ0v) is 28.7. The summed E-state index contributed by atoms with van der Waals surface area (Å²) in [5, 5.41) is 0. The van der Waals surface area contributed by atoms with E-state index in [1.807, 2.05) is 0 Å². The average molecular weight is 553 g/mol. The van der Waals surface area contributed by atoms with Gasteiger partial charge >= 0.3 is 0 Å². The first-order chi connectivity index (χ1) is 18.5. The second kappa shape index (κ2) is 24.5. The molecule has 0 saturated carbocycles. The van der Waals surface area contributed by atoms with Crippen molar-refractivity contribution >= 4 is 0 Å². The molecular formula is C37H76O2. The van der Waals surface area contributed by atoms with Gasteiger partial charge in [-0.15, -0.1) is 0 Å². The molecule has 0 fully saturated rings. The van der Waals surface area contributed by atoms with Gasteiger partial charge in [0.25, 0.3) is 0 Å². The zero-order valence-electron chi connectivity index (χ0n) is 28.7. The van der Waals surface area contributed by atoms with Gasteiger partial charge in [0, 0.05) is 12.8 Å².